The molecule has 0 unspecified atom stereocenters. The summed E-state index contributed by atoms with van der Waals surface area (Å²) in [7, 11) is 0.908. The van der Waals surface area contributed by atoms with Crippen LogP contribution in [-0.4, -0.2) is 81.8 Å². The van der Waals surface area contributed by atoms with Crippen molar-refractivity contribution in [3.8, 4) is 11.5 Å². The Morgan fingerprint density at radius 3 is 1.59 bits per heavy atom. The minimum Gasteiger partial charge on any atom is -0.497 e. The fourth-order valence-electron chi connectivity index (χ4n) is 5.41. The normalized spacial score (nSPS) is 11.9. The molecule has 2 aromatic carbocycles. The molecule has 0 saturated heterocycles. The number of rotatable bonds is 16. The van der Waals surface area contributed by atoms with E-state index in [9.17, 15) is 9.59 Å². The standard InChI is InChI=1S/2C19H25ClN4O3Si/c1-26-15-7-5-14(6-8-15)11-24-18(25)16-17(22-19(24)20)21-12-23(16)13-27-9-10-28(2,3)4;1-26-15-7-5-14(6-8-15)11-24-18(25)16-17(22-19(24)20)23(12-21-16)13-27-9-10-28(2,3)4/h2*5-8,12H,9-11,13H2,1-4H3. The average molecular weight is 842 g/mol. The van der Waals surface area contributed by atoms with Crippen molar-refractivity contribution < 1.29 is 18.9 Å². The lowest BCUT2D eigenvalue weighted by atomic mass is 10.2. The fourth-order valence-corrected chi connectivity index (χ4v) is 7.36. The zero-order valence-corrected chi connectivity index (χ0v) is 36.7. The summed E-state index contributed by atoms with van der Waals surface area (Å²) < 4.78 is 28.1. The zero-order valence-electron chi connectivity index (χ0n) is 33.2. The molecule has 0 fully saturated rings. The highest BCUT2D eigenvalue weighted by Crippen LogP contribution is 2.18. The highest BCUT2D eigenvalue weighted by atomic mass is 35.5. The number of nitrogens with zero attached hydrogens (tertiary/aromatic N) is 8. The van der Waals surface area contributed by atoms with Crippen LogP contribution >= 0.6 is 23.2 Å². The van der Waals surface area contributed by atoms with Crippen molar-refractivity contribution in [2.75, 3.05) is 27.4 Å². The van der Waals surface area contributed by atoms with Crippen LogP contribution in [0.5, 0.6) is 11.5 Å². The number of halogens is 2. The van der Waals surface area contributed by atoms with Crippen LogP contribution < -0.4 is 20.6 Å². The van der Waals surface area contributed by atoms with Gasteiger partial charge < -0.3 is 23.5 Å². The predicted molar refractivity (Wildman–Crippen MR) is 226 cm³/mol. The third kappa shape index (κ3) is 11.4. The van der Waals surface area contributed by atoms with Crippen molar-refractivity contribution in [1.82, 2.24) is 38.2 Å². The minimum absolute atomic E-state index is 0.109. The van der Waals surface area contributed by atoms with Gasteiger partial charge in [0.25, 0.3) is 11.1 Å². The first-order chi connectivity index (χ1) is 26.6. The van der Waals surface area contributed by atoms with Gasteiger partial charge in [-0.05, 0) is 70.7 Å². The summed E-state index contributed by atoms with van der Waals surface area (Å²) in [5, 5.41) is 0.232. The molecule has 0 bridgehead atoms. The van der Waals surface area contributed by atoms with E-state index in [1.54, 1.807) is 36.0 Å². The molecule has 0 spiro atoms. The molecule has 4 heterocycles. The lowest BCUT2D eigenvalue weighted by Crippen LogP contribution is -2.25. The van der Waals surface area contributed by atoms with E-state index < -0.39 is 16.1 Å². The molecular formula is C38H50Cl2N8O6Si2. The van der Waals surface area contributed by atoms with Crippen LogP contribution in [0.2, 0.25) is 61.9 Å². The number of fused-ring (bicyclic) bond motifs is 2. The quantitative estimate of drug-likeness (QED) is 0.0557. The van der Waals surface area contributed by atoms with Crippen LogP contribution in [-0.2, 0) is 36.0 Å². The Labute approximate surface area is 338 Å². The minimum atomic E-state index is -1.16. The lowest BCUT2D eigenvalue weighted by Gasteiger charge is -2.15. The van der Waals surface area contributed by atoms with E-state index in [2.05, 4.69) is 59.2 Å². The predicted octanol–water partition coefficient (Wildman–Crippen LogP) is 7.23. The molecule has 0 saturated carbocycles. The van der Waals surface area contributed by atoms with Crippen LogP contribution in [0.4, 0.5) is 0 Å². The van der Waals surface area contributed by atoms with Gasteiger partial charge in [0, 0.05) is 29.4 Å². The molecule has 0 aliphatic heterocycles. The van der Waals surface area contributed by atoms with Gasteiger partial charge in [0.1, 0.15) is 25.0 Å². The molecule has 6 aromatic rings. The molecule has 0 N–H and O–H groups in total. The Balaban J connectivity index is 0.000000214. The van der Waals surface area contributed by atoms with Crippen LogP contribution in [0.3, 0.4) is 0 Å². The fraction of sp³-hybridized carbons (Fsp3) is 0.421. The second-order valence-electron chi connectivity index (χ2n) is 15.7. The Hall–Kier alpha value is -4.33. The number of hydrogen-bond acceptors (Lipinski definition) is 10. The van der Waals surface area contributed by atoms with Gasteiger partial charge in [0.05, 0.1) is 40.0 Å². The molecule has 0 aliphatic carbocycles. The largest absolute Gasteiger partial charge is 0.497 e. The van der Waals surface area contributed by atoms with Crippen molar-refractivity contribution in [1.29, 1.82) is 0 Å². The van der Waals surface area contributed by atoms with Gasteiger partial charge in [0.15, 0.2) is 22.3 Å². The van der Waals surface area contributed by atoms with E-state index in [0.29, 0.717) is 49.8 Å². The summed E-state index contributed by atoms with van der Waals surface area (Å²) in [5.41, 5.74) is 2.77. The highest BCUT2D eigenvalue weighted by Gasteiger charge is 2.18. The summed E-state index contributed by atoms with van der Waals surface area (Å²) in [6.45, 7) is 16.3. The molecule has 6 rings (SSSR count). The zero-order chi connectivity index (χ0) is 40.6. The summed E-state index contributed by atoms with van der Waals surface area (Å²) in [6, 6.07) is 17.1. The van der Waals surface area contributed by atoms with Gasteiger partial charge in [-0.3, -0.25) is 23.3 Å². The van der Waals surface area contributed by atoms with E-state index in [0.717, 1.165) is 34.7 Å². The number of imidazole rings is 2. The van der Waals surface area contributed by atoms with Crippen LogP contribution in [0.25, 0.3) is 22.3 Å². The van der Waals surface area contributed by atoms with Crippen molar-refractivity contribution in [3.05, 3.63) is 104 Å². The van der Waals surface area contributed by atoms with E-state index >= 15 is 0 Å². The number of aromatic nitrogens is 8. The van der Waals surface area contributed by atoms with Gasteiger partial charge in [-0.1, -0.05) is 63.5 Å². The molecule has 0 radical (unpaired) electrons. The third-order valence-corrected chi connectivity index (χ3v) is 12.8. The summed E-state index contributed by atoms with van der Waals surface area (Å²) in [6.07, 6.45) is 3.14. The lowest BCUT2D eigenvalue weighted by molar-refractivity contribution is 0.0894. The number of ether oxygens (including phenoxy) is 4. The number of hydrogen-bond donors (Lipinski definition) is 0. The molecular weight excluding hydrogens is 792 g/mol. The monoisotopic (exact) mass is 840 g/mol. The maximum atomic E-state index is 13.1. The van der Waals surface area contributed by atoms with E-state index in [-0.39, 0.29) is 33.9 Å². The molecule has 18 heteroatoms. The first kappa shape index (κ1) is 42.8. The van der Waals surface area contributed by atoms with E-state index in [1.807, 2.05) is 48.5 Å². The topological polar surface area (TPSA) is 142 Å². The Morgan fingerprint density at radius 1 is 0.625 bits per heavy atom. The first-order valence-corrected chi connectivity index (χ1v) is 26.4. The van der Waals surface area contributed by atoms with Crippen molar-refractivity contribution in [2.45, 2.75) is 77.9 Å². The summed E-state index contributed by atoms with van der Waals surface area (Å²) in [5.74, 6) is 1.51. The first-order valence-electron chi connectivity index (χ1n) is 18.2. The molecule has 0 aliphatic rings. The second kappa shape index (κ2) is 18.7. The average Bonchev–Trinajstić information content (AvgIpc) is 3.75. The van der Waals surface area contributed by atoms with Gasteiger partial charge in [0.2, 0.25) is 10.6 Å². The highest BCUT2D eigenvalue weighted by molar-refractivity contribution is 6.76. The summed E-state index contributed by atoms with van der Waals surface area (Å²) >= 11 is 12.6. The molecule has 0 amide bonds. The maximum absolute atomic E-state index is 13.1. The number of methoxy groups -OCH3 is 2. The van der Waals surface area contributed by atoms with E-state index in [4.69, 9.17) is 42.1 Å². The maximum Gasteiger partial charge on any atom is 0.282 e. The SMILES string of the molecule is COc1ccc(Cn2c(Cl)nc3c(ncn3COCC[Si](C)(C)C)c2=O)cc1.COc1ccc(Cn2c(Cl)nc3ncn(COCC[Si](C)(C)C)c3c2=O)cc1. The van der Waals surface area contributed by atoms with Gasteiger partial charge in [-0.15, -0.1) is 0 Å². The van der Waals surface area contributed by atoms with Gasteiger partial charge in [-0.2, -0.15) is 9.97 Å². The van der Waals surface area contributed by atoms with Crippen LogP contribution in [0.15, 0.2) is 70.8 Å². The van der Waals surface area contributed by atoms with Crippen LogP contribution in [0, 0.1) is 0 Å². The molecule has 0 atom stereocenters. The Morgan fingerprint density at radius 2 is 1.09 bits per heavy atom. The third-order valence-electron chi connectivity index (χ3n) is 8.82. The van der Waals surface area contributed by atoms with Crippen molar-refractivity contribution in [2.24, 2.45) is 0 Å². The number of benzene rings is 2. The molecule has 4 aromatic heterocycles. The van der Waals surface area contributed by atoms with Gasteiger partial charge in [-0.25, -0.2) is 9.97 Å². The van der Waals surface area contributed by atoms with Crippen molar-refractivity contribution in [3.63, 3.8) is 0 Å². The smallest absolute Gasteiger partial charge is 0.282 e. The van der Waals surface area contributed by atoms with Crippen LogP contribution in [0.1, 0.15) is 11.1 Å². The van der Waals surface area contributed by atoms with Gasteiger partial charge >= 0.3 is 0 Å². The summed E-state index contributed by atoms with van der Waals surface area (Å²) in [4.78, 5) is 43.0. The second-order valence-corrected chi connectivity index (χ2v) is 27.6. The Kier molecular flexibility index (Phi) is 14.3. The van der Waals surface area contributed by atoms with E-state index in [1.165, 1.54) is 9.13 Å². The Bertz CT molecular complexity index is 2350. The molecule has 14 nitrogen and oxygen atoms in total. The van der Waals surface area contributed by atoms with Crippen molar-refractivity contribution >= 4 is 61.7 Å². The molecule has 56 heavy (non-hydrogen) atoms. The molecule has 300 valence electrons.